The molecule has 0 aliphatic rings. The number of nitrogens with one attached hydrogen (secondary N) is 1. The molecule has 0 aliphatic heterocycles. The van der Waals surface area contributed by atoms with Crippen LogP contribution >= 0.6 is 0 Å². The van der Waals surface area contributed by atoms with Crippen molar-refractivity contribution < 1.29 is 9.90 Å². The standard InChI is InChI=1S/C14H13NO.C7H9N.CH3NO/c1-10-3-5-11(6-4-10)12-7-8-14(16)13(9-12)15-2;1-8-7-5-3-2-4-6-7;2-1-3/h3-9,16H,2H2,1H3;2-6,8H,1H3;1H,(H2,2,3). The monoisotopic (exact) mass is 363 g/mol. The number of para-hydroxylation sites is 1. The normalized spacial score (nSPS) is 8.96. The lowest BCUT2D eigenvalue weighted by molar-refractivity contribution is -0.106. The Morgan fingerprint density at radius 1 is 1.00 bits per heavy atom. The van der Waals surface area contributed by atoms with Gasteiger partial charge in [-0.05, 0) is 49.0 Å². The number of hydrogen-bond acceptors (Lipinski definition) is 4. The van der Waals surface area contributed by atoms with E-state index in [2.05, 4.69) is 53.9 Å². The summed E-state index contributed by atoms with van der Waals surface area (Å²) in [5, 5.41) is 12.5. The number of primary amides is 1. The zero-order chi connectivity index (χ0) is 20.1. The van der Waals surface area contributed by atoms with Gasteiger partial charge in [0.25, 0.3) is 0 Å². The van der Waals surface area contributed by atoms with Gasteiger partial charge in [-0.15, -0.1) is 0 Å². The molecule has 5 nitrogen and oxygen atoms in total. The third-order valence-corrected chi connectivity index (χ3v) is 3.59. The van der Waals surface area contributed by atoms with Crippen molar-refractivity contribution >= 4 is 24.5 Å². The molecule has 0 radical (unpaired) electrons. The summed E-state index contributed by atoms with van der Waals surface area (Å²) in [6.07, 6.45) is 0.250. The summed E-state index contributed by atoms with van der Waals surface area (Å²) in [6, 6.07) is 23.6. The summed E-state index contributed by atoms with van der Waals surface area (Å²) < 4.78 is 0. The fourth-order valence-corrected chi connectivity index (χ4v) is 2.18. The number of benzene rings is 3. The number of aryl methyl sites for hydroxylation is 1. The molecule has 0 aromatic heterocycles. The number of anilines is 1. The van der Waals surface area contributed by atoms with Crippen LogP contribution < -0.4 is 11.1 Å². The highest BCUT2D eigenvalue weighted by molar-refractivity contribution is 5.71. The Morgan fingerprint density at radius 2 is 1.56 bits per heavy atom. The Labute approximate surface area is 160 Å². The van der Waals surface area contributed by atoms with E-state index >= 15 is 0 Å². The number of carbonyl (C=O) groups is 1. The summed E-state index contributed by atoms with van der Waals surface area (Å²) in [7, 11) is 1.91. The molecule has 0 saturated heterocycles. The number of amides is 1. The quantitative estimate of drug-likeness (QED) is 0.472. The van der Waals surface area contributed by atoms with Gasteiger partial charge in [0, 0.05) is 12.7 Å². The molecule has 0 spiro atoms. The predicted molar refractivity (Wildman–Crippen MR) is 114 cm³/mol. The second-order valence-corrected chi connectivity index (χ2v) is 5.48. The number of aromatic hydroxyl groups is 1. The fraction of sp³-hybridized carbons (Fsp3) is 0.0909. The van der Waals surface area contributed by atoms with Crippen molar-refractivity contribution in [2.75, 3.05) is 12.4 Å². The number of rotatable bonds is 3. The fourth-order valence-electron chi connectivity index (χ4n) is 2.18. The van der Waals surface area contributed by atoms with Gasteiger partial charge in [-0.2, -0.15) is 0 Å². The average molecular weight is 363 g/mol. The Kier molecular flexibility index (Phi) is 9.43. The van der Waals surface area contributed by atoms with Crippen molar-refractivity contribution in [2.24, 2.45) is 10.7 Å². The highest BCUT2D eigenvalue weighted by Gasteiger charge is 2.02. The van der Waals surface area contributed by atoms with Crippen molar-refractivity contribution in [3.63, 3.8) is 0 Å². The molecule has 3 rings (SSSR count). The molecule has 0 saturated carbocycles. The second-order valence-electron chi connectivity index (χ2n) is 5.48. The van der Waals surface area contributed by atoms with E-state index in [9.17, 15) is 5.11 Å². The van der Waals surface area contributed by atoms with Gasteiger partial charge in [-0.3, -0.25) is 9.79 Å². The van der Waals surface area contributed by atoms with Crippen LogP contribution in [0.1, 0.15) is 5.56 Å². The van der Waals surface area contributed by atoms with Crippen LogP contribution in [0.3, 0.4) is 0 Å². The molecule has 3 aromatic carbocycles. The van der Waals surface area contributed by atoms with Gasteiger partial charge in [0.2, 0.25) is 6.41 Å². The molecule has 0 bridgehead atoms. The minimum Gasteiger partial charge on any atom is -0.506 e. The summed E-state index contributed by atoms with van der Waals surface area (Å²) in [6.45, 7) is 5.48. The number of phenols is 1. The molecule has 0 heterocycles. The first kappa shape index (κ1) is 21.4. The lowest BCUT2D eigenvalue weighted by atomic mass is 10.0. The Bertz CT molecular complexity index is 832. The maximum Gasteiger partial charge on any atom is 0.204 e. The van der Waals surface area contributed by atoms with Gasteiger partial charge in [0.15, 0.2) is 0 Å². The van der Waals surface area contributed by atoms with Crippen LogP contribution in [0.2, 0.25) is 0 Å². The zero-order valence-electron chi connectivity index (χ0n) is 15.6. The molecule has 1 amide bonds. The number of aliphatic imine (C=N–C) groups is 1. The lowest BCUT2D eigenvalue weighted by Crippen LogP contribution is -1.84. The van der Waals surface area contributed by atoms with E-state index < -0.39 is 0 Å². The largest absolute Gasteiger partial charge is 0.506 e. The van der Waals surface area contributed by atoms with Crippen LogP contribution in [0.4, 0.5) is 11.4 Å². The number of phenolic OH excluding ortho intramolecular Hbond substituents is 1. The number of carbonyl (C=O) groups excluding carboxylic acids is 1. The topological polar surface area (TPSA) is 87.7 Å². The van der Waals surface area contributed by atoms with Crippen molar-refractivity contribution in [3.05, 3.63) is 78.4 Å². The first-order valence-corrected chi connectivity index (χ1v) is 8.30. The van der Waals surface area contributed by atoms with Crippen molar-refractivity contribution in [2.45, 2.75) is 6.92 Å². The Balaban J connectivity index is 0.000000277. The SMILES string of the molecule is C=Nc1cc(-c2ccc(C)cc2)ccc1O.CNc1ccccc1.NC=O. The maximum absolute atomic E-state index is 9.49. The number of nitrogens with zero attached hydrogens (tertiary/aromatic N) is 1. The van der Waals surface area contributed by atoms with Crippen molar-refractivity contribution in [1.82, 2.24) is 0 Å². The molecule has 140 valence electrons. The molecule has 0 atom stereocenters. The van der Waals surface area contributed by atoms with E-state index in [1.165, 1.54) is 5.56 Å². The third-order valence-electron chi connectivity index (χ3n) is 3.59. The Morgan fingerprint density at radius 3 is 2.04 bits per heavy atom. The van der Waals surface area contributed by atoms with Gasteiger partial charge < -0.3 is 16.2 Å². The lowest BCUT2D eigenvalue weighted by Gasteiger charge is -2.04. The van der Waals surface area contributed by atoms with Crippen LogP contribution in [-0.4, -0.2) is 25.3 Å². The molecule has 27 heavy (non-hydrogen) atoms. The summed E-state index contributed by atoms with van der Waals surface area (Å²) in [4.78, 5) is 12.4. The molecular weight excluding hydrogens is 338 g/mol. The molecular formula is C22H25N3O2. The highest BCUT2D eigenvalue weighted by Crippen LogP contribution is 2.31. The van der Waals surface area contributed by atoms with Gasteiger partial charge in [0.05, 0.1) is 0 Å². The van der Waals surface area contributed by atoms with Gasteiger partial charge >= 0.3 is 0 Å². The predicted octanol–water partition coefficient (Wildman–Crippen LogP) is 4.53. The molecule has 0 aliphatic carbocycles. The summed E-state index contributed by atoms with van der Waals surface area (Å²) >= 11 is 0. The van der Waals surface area contributed by atoms with Crippen LogP contribution in [0.5, 0.6) is 5.75 Å². The average Bonchev–Trinajstić information content (AvgIpc) is 2.71. The molecule has 4 N–H and O–H groups in total. The second kappa shape index (κ2) is 11.9. The highest BCUT2D eigenvalue weighted by atomic mass is 16.3. The molecule has 5 heteroatoms. The van der Waals surface area contributed by atoms with E-state index in [-0.39, 0.29) is 12.2 Å². The van der Waals surface area contributed by atoms with E-state index in [0.29, 0.717) is 5.69 Å². The first-order chi connectivity index (χ1) is 13.0. The summed E-state index contributed by atoms with van der Waals surface area (Å²) in [5.41, 5.74) is 9.20. The zero-order valence-corrected chi connectivity index (χ0v) is 15.6. The van der Waals surface area contributed by atoms with Crippen molar-refractivity contribution in [1.29, 1.82) is 0 Å². The van der Waals surface area contributed by atoms with Crippen molar-refractivity contribution in [3.8, 4) is 16.9 Å². The molecule has 3 aromatic rings. The van der Waals surface area contributed by atoms with E-state index in [1.54, 1.807) is 6.07 Å². The minimum absolute atomic E-state index is 0.158. The van der Waals surface area contributed by atoms with Gasteiger partial charge in [0.1, 0.15) is 11.4 Å². The summed E-state index contributed by atoms with van der Waals surface area (Å²) in [5.74, 6) is 0.158. The Hall–Kier alpha value is -3.60. The van der Waals surface area contributed by atoms with Crippen LogP contribution in [0.15, 0.2) is 77.8 Å². The van der Waals surface area contributed by atoms with E-state index in [4.69, 9.17) is 4.79 Å². The van der Waals surface area contributed by atoms with Crippen LogP contribution in [0.25, 0.3) is 11.1 Å². The number of nitrogens with two attached hydrogens (primary N) is 1. The van der Waals surface area contributed by atoms with E-state index in [0.717, 1.165) is 16.8 Å². The molecule has 0 unspecified atom stereocenters. The molecule has 0 fully saturated rings. The van der Waals surface area contributed by atoms with E-state index in [1.807, 2.05) is 49.5 Å². The van der Waals surface area contributed by atoms with Crippen LogP contribution in [0, 0.1) is 6.92 Å². The van der Waals surface area contributed by atoms with Gasteiger partial charge in [-0.1, -0.05) is 54.1 Å². The smallest absolute Gasteiger partial charge is 0.204 e. The first-order valence-electron chi connectivity index (χ1n) is 8.30. The number of hydrogen-bond donors (Lipinski definition) is 3. The minimum atomic E-state index is 0.158. The van der Waals surface area contributed by atoms with Gasteiger partial charge in [-0.25, -0.2) is 0 Å². The maximum atomic E-state index is 9.49. The third kappa shape index (κ3) is 7.44. The van der Waals surface area contributed by atoms with Crippen LogP contribution in [-0.2, 0) is 4.79 Å².